The number of hydrogen-bond donors (Lipinski definition) is 1. The summed E-state index contributed by atoms with van der Waals surface area (Å²) in [6, 6.07) is 8.39. The van der Waals surface area contributed by atoms with Crippen molar-refractivity contribution in [2.75, 3.05) is 11.4 Å². The van der Waals surface area contributed by atoms with Crippen LogP contribution in [0.5, 0.6) is 0 Å². The van der Waals surface area contributed by atoms with Crippen molar-refractivity contribution >= 4 is 5.69 Å². The number of nitrogens with zero attached hydrogens (tertiary/aromatic N) is 1. The Morgan fingerprint density at radius 2 is 1.95 bits per heavy atom. The van der Waals surface area contributed by atoms with Crippen LogP contribution in [0, 0.1) is 12.8 Å². The number of aryl methyl sites for hydroxylation is 1. The third-order valence-corrected chi connectivity index (χ3v) is 4.52. The van der Waals surface area contributed by atoms with Crippen LogP contribution in [0.4, 0.5) is 5.69 Å². The van der Waals surface area contributed by atoms with Crippen LogP contribution < -0.4 is 10.2 Å². The zero-order valence-corrected chi connectivity index (χ0v) is 13.2. The van der Waals surface area contributed by atoms with E-state index in [2.05, 4.69) is 49.2 Å². The summed E-state index contributed by atoms with van der Waals surface area (Å²) in [7, 11) is 0. The third-order valence-electron chi connectivity index (χ3n) is 4.52. The van der Waals surface area contributed by atoms with Crippen LogP contribution in [0.15, 0.2) is 18.2 Å². The molecule has 20 heavy (non-hydrogen) atoms. The van der Waals surface area contributed by atoms with Crippen molar-refractivity contribution in [3.05, 3.63) is 29.3 Å². The molecule has 0 aliphatic heterocycles. The van der Waals surface area contributed by atoms with E-state index in [0.29, 0.717) is 6.04 Å². The fraction of sp³-hybridized carbons (Fsp3) is 0.667. The van der Waals surface area contributed by atoms with E-state index in [-0.39, 0.29) is 0 Å². The smallest absolute Gasteiger partial charge is 0.0398 e. The van der Waals surface area contributed by atoms with Gasteiger partial charge in [0, 0.05) is 30.9 Å². The van der Waals surface area contributed by atoms with Gasteiger partial charge in [0.1, 0.15) is 0 Å². The summed E-state index contributed by atoms with van der Waals surface area (Å²) in [4.78, 5) is 2.59. The first-order chi connectivity index (χ1) is 9.63. The second-order valence-corrected chi connectivity index (χ2v) is 6.97. The molecule has 0 aromatic heterocycles. The standard InChI is InChI=1S/C18H28N2/c1-13(2)20(12-15-4-5-15)18-9-6-16(10-14(18)3)11-19-17-7-8-17/h6,9-10,13,15,17,19H,4-5,7-8,11-12H2,1-3H3. The minimum Gasteiger partial charge on any atom is -0.369 e. The molecular weight excluding hydrogens is 244 g/mol. The summed E-state index contributed by atoms with van der Waals surface area (Å²) in [5, 5.41) is 3.60. The summed E-state index contributed by atoms with van der Waals surface area (Å²) in [6.45, 7) is 9.14. The molecule has 0 heterocycles. The summed E-state index contributed by atoms with van der Waals surface area (Å²) in [5.41, 5.74) is 4.28. The fourth-order valence-corrected chi connectivity index (χ4v) is 2.87. The lowest BCUT2D eigenvalue weighted by molar-refractivity contribution is 0.642. The van der Waals surface area contributed by atoms with Gasteiger partial charge in [-0.15, -0.1) is 0 Å². The van der Waals surface area contributed by atoms with Crippen molar-refractivity contribution < 1.29 is 0 Å². The molecule has 1 N–H and O–H groups in total. The summed E-state index contributed by atoms with van der Waals surface area (Å²) in [5.74, 6) is 0.938. The average Bonchev–Trinajstić information content (AvgIpc) is 3.28. The molecular formula is C18H28N2. The van der Waals surface area contributed by atoms with E-state index in [1.807, 2.05) is 0 Å². The quantitative estimate of drug-likeness (QED) is 0.810. The van der Waals surface area contributed by atoms with Gasteiger partial charge in [-0.25, -0.2) is 0 Å². The van der Waals surface area contributed by atoms with Crippen LogP contribution in [0.1, 0.15) is 50.7 Å². The Balaban J connectivity index is 1.69. The van der Waals surface area contributed by atoms with Crippen LogP contribution in [0.25, 0.3) is 0 Å². The zero-order chi connectivity index (χ0) is 14.1. The predicted molar refractivity (Wildman–Crippen MR) is 86.2 cm³/mol. The van der Waals surface area contributed by atoms with Gasteiger partial charge in [-0.2, -0.15) is 0 Å². The second-order valence-electron chi connectivity index (χ2n) is 6.97. The molecule has 0 saturated heterocycles. The highest BCUT2D eigenvalue weighted by atomic mass is 15.2. The lowest BCUT2D eigenvalue weighted by atomic mass is 10.1. The number of benzene rings is 1. The molecule has 2 saturated carbocycles. The lowest BCUT2D eigenvalue weighted by Crippen LogP contribution is -2.33. The Hall–Kier alpha value is -1.02. The van der Waals surface area contributed by atoms with E-state index in [0.717, 1.165) is 18.5 Å². The Kier molecular flexibility index (Phi) is 4.02. The van der Waals surface area contributed by atoms with E-state index in [9.17, 15) is 0 Å². The Morgan fingerprint density at radius 3 is 2.50 bits per heavy atom. The highest BCUT2D eigenvalue weighted by molar-refractivity contribution is 5.55. The molecule has 0 radical (unpaired) electrons. The normalized spacial score (nSPS) is 18.6. The molecule has 0 bridgehead atoms. The summed E-state index contributed by atoms with van der Waals surface area (Å²) >= 11 is 0. The van der Waals surface area contributed by atoms with Crippen LogP contribution in [-0.4, -0.2) is 18.6 Å². The average molecular weight is 272 g/mol. The van der Waals surface area contributed by atoms with Crippen molar-refractivity contribution in [3.63, 3.8) is 0 Å². The maximum absolute atomic E-state index is 3.60. The predicted octanol–water partition coefficient (Wildman–Crippen LogP) is 3.87. The van der Waals surface area contributed by atoms with Gasteiger partial charge in [-0.05, 0) is 69.6 Å². The molecule has 2 aliphatic rings. The molecule has 0 atom stereocenters. The van der Waals surface area contributed by atoms with Crippen molar-refractivity contribution in [1.82, 2.24) is 5.32 Å². The molecule has 2 heteroatoms. The van der Waals surface area contributed by atoms with Gasteiger partial charge in [0.15, 0.2) is 0 Å². The Bertz CT molecular complexity index is 458. The number of nitrogens with one attached hydrogen (secondary N) is 1. The van der Waals surface area contributed by atoms with Crippen molar-refractivity contribution in [2.24, 2.45) is 5.92 Å². The highest BCUT2D eigenvalue weighted by Gasteiger charge is 2.26. The van der Waals surface area contributed by atoms with E-state index >= 15 is 0 Å². The second kappa shape index (κ2) is 5.77. The van der Waals surface area contributed by atoms with Gasteiger partial charge >= 0.3 is 0 Å². The topological polar surface area (TPSA) is 15.3 Å². The minimum atomic E-state index is 0.588. The molecule has 0 spiro atoms. The number of anilines is 1. The first-order valence-electron chi connectivity index (χ1n) is 8.23. The number of rotatable bonds is 7. The van der Waals surface area contributed by atoms with Crippen LogP contribution in [-0.2, 0) is 6.54 Å². The zero-order valence-electron chi connectivity index (χ0n) is 13.2. The molecule has 2 aliphatic carbocycles. The van der Waals surface area contributed by atoms with Gasteiger partial charge in [0.05, 0.1) is 0 Å². The lowest BCUT2D eigenvalue weighted by Gasteiger charge is -2.31. The maximum Gasteiger partial charge on any atom is 0.0398 e. The van der Waals surface area contributed by atoms with Gasteiger partial charge < -0.3 is 10.2 Å². The van der Waals surface area contributed by atoms with E-state index in [1.54, 1.807) is 0 Å². The van der Waals surface area contributed by atoms with E-state index in [1.165, 1.54) is 49.0 Å². The van der Waals surface area contributed by atoms with Crippen LogP contribution in [0.3, 0.4) is 0 Å². The molecule has 0 amide bonds. The summed E-state index contributed by atoms with van der Waals surface area (Å²) < 4.78 is 0. The first-order valence-corrected chi connectivity index (χ1v) is 8.23. The first kappa shape index (κ1) is 13.9. The molecule has 3 rings (SSSR count). The largest absolute Gasteiger partial charge is 0.369 e. The Morgan fingerprint density at radius 1 is 1.20 bits per heavy atom. The van der Waals surface area contributed by atoms with Crippen molar-refractivity contribution in [3.8, 4) is 0 Å². The molecule has 0 unspecified atom stereocenters. The van der Waals surface area contributed by atoms with Gasteiger partial charge in [-0.3, -0.25) is 0 Å². The van der Waals surface area contributed by atoms with E-state index < -0.39 is 0 Å². The van der Waals surface area contributed by atoms with Gasteiger partial charge in [-0.1, -0.05) is 12.1 Å². The van der Waals surface area contributed by atoms with E-state index in [4.69, 9.17) is 0 Å². The molecule has 1 aromatic carbocycles. The number of hydrogen-bond acceptors (Lipinski definition) is 2. The van der Waals surface area contributed by atoms with Crippen LogP contribution >= 0.6 is 0 Å². The minimum absolute atomic E-state index is 0.588. The third kappa shape index (κ3) is 3.54. The van der Waals surface area contributed by atoms with Gasteiger partial charge in [0.25, 0.3) is 0 Å². The van der Waals surface area contributed by atoms with Crippen molar-refractivity contribution in [2.45, 2.75) is 65.1 Å². The van der Waals surface area contributed by atoms with Crippen molar-refractivity contribution in [1.29, 1.82) is 0 Å². The molecule has 2 fully saturated rings. The van der Waals surface area contributed by atoms with Crippen LogP contribution in [0.2, 0.25) is 0 Å². The highest BCUT2D eigenvalue weighted by Crippen LogP contribution is 2.33. The maximum atomic E-state index is 3.60. The summed E-state index contributed by atoms with van der Waals surface area (Å²) in [6.07, 6.45) is 5.57. The monoisotopic (exact) mass is 272 g/mol. The fourth-order valence-electron chi connectivity index (χ4n) is 2.87. The molecule has 1 aromatic rings. The molecule has 2 nitrogen and oxygen atoms in total. The SMILES string of the molecule is Cc1cc(CNC2CC2)ccc1N(CC1CC1)C(C)C. The Labute approximate surface area is 123 Å². The van der Waals surface area contributed by atoms with Gasteiger partial charge in [0.2, 0.25) is 0 Å². The molecule has 110 valence electrons.